The number of hydrogen-bond acceptors (Lipinski definition) is 4. The number of carbonyl (C=O) groups excluding carboxylic acids is 1. The first-order valence-corrected chi connectivity index (χ1v) is 11.1. The van der Waals surface area contributed by atoms with E-state index in [9.17, 15) is 14.3 Å². The van der Waals surface area contributed by atoms with Crippen LogP contribution < -0.4 is 9.64 Å². The summed E-state index contributed by atoms with van der Waals surface area (Å²) in [5, 5.41) is 10.7. The number of aromatic hydroxyl groups is 1. The number of para-hydroxylation sites is 1. The zero-order valence-electron chi connectivity index (χ0n) is 17.2. The van der Waals surface area contributed by atoms with Crippen LogP contribution in [0.1, 0.15) is 30.0 Å². The van der Waals surface area contributed by atoms with E-state index >= 15 is 0 Å². The zero-order valence-corrected chi connectivity index (χ0v) is 18.0. The molecule has 1 aliphatic rings. The van der Waals surface area contributed by atoms with Gasteiger partial charge in [0.25, 0.3) is 5.24 Å². The van der Waals surface area contributed by atoms with Crippen LogP contribution in [0, 0.1) is 5.82 Å². The predicted molar refractivity (Wildman–Crippen MR) is 122 cm³/mol. The first-order chi connectivity index (χ1) is 15.1. The maximum absolute atomic E-state index is 13.2. The minimum Gasteiger partial charge on any atom is -0.507 e. The van der Waals surface area contributed by atoms with Gasteiger partial charge in [-0.15, -0.1) is 0 Å². The lowest BCUT2D eigenvalue weighted by atomic mass is 9.96. The zero-order chi connectivity index (χ0) is 21.8. The number of benzene rings is 3. The van der Waals surface area contributed by atoms with Crippen molar-refractivity contribution in [3.63, 3.8) is 0 Å². The molecule has 4 nitrogen and oxygen atoms in total. The molecule has 0 unspecified atom stereocenters. The highest BCUT2D eigenvalue weighted by molar-refractivity contribution is 8.14. The van der Waals surface area contributed by atoms with Crippen LogP contribution in [-0.2, 0) is 6.42 Å². The number of phenolic OH excluding ortho intramolecular Hbond substituents is 1. The molecule has 1 aliphatic heterocycles. The van der Waals surface area contributed by atoms with Gasteiger partial charge in [0.1, 0.15) is 17.3 Å². The van der Waals surface area contributed by atoms with Crippen LogP contribution in [0.5, 0.6) is 11.5 Å². The average molecular weight is 438 g/mol. The molecule has 1 fully saturated rings. The second-order valence-corrected chi connectivity index (χ2v) is 8.71. The third-order valence-corrected chi connectivity index (χ3v) is 6.73. The normalized spacial score (nSPS) is 18.4. The van der Waals surface area contributed by atoms with E-state index < -0.39 is 0 Å². The third-order valence-electron chi connectivity index (χ3n) is 5.54. The number of nitrogens with zero attached hydrogens (tertiary/aromatic N) is 1. The van der Waals surface area contributed by atoms with Gasteiger partial charge in [0, 0.05) is 22.6 Å². The van der Waals surface area contributed by atoms with Crippen molar-refractivity contribution in [1.29, 1.82) is 0 Å². The lowest BCUT2D eigenvalue weighted by Gasteiger charge is -2.28. The Kier molecular flexibility index (Phi) is 6.47. The summed E-state index contributed by atoms with van der Waals surface area (Å²) in [4.78, 5) is 14.8. The summed E-state index contributed by atoms with van der Waals surface area (Å²) in [7, 11) is 1.55. The van der Waals surface area contributed by atoms with Crippen LogP contribution in [0.25, 0.3) is 0 Å². The van der Waals surface area contributed by atoms with E-state index in [0.29, 0.717) is 11.3 Å². The number of hydrogen-bond donors (Lipinski definition) is 1. The molecule has 160 valence electrons. The number of carbonyl (C=O) groups is 1. The lowest BCUT2D eigenvalue weighted by Crippen LogP contribution is -2.29. The number of amides is 1. The Bertz CT molecular complexity index is 1040. The van der Waals surface area contributed by atoms with Crippen molar-refractivity contribution < 1.29 is 19.0 Å². The van der Waals surface area contributed by atoms with Gasteiger partial charge in [-0.3, -0.25) is 9.69 Å². The van der Waals surface area contributed by atoms with Crippen molar-refractivity contribution in [3.8, 4) is 11.5 Å². The van der Waals surface area contributed by atoms with Crippen molar-refractivity contribution in [3.05, 3.63) is 89.7 Å². The van der Waals surface area contributed by atoms with Gasteiger partial charge >= 0.3 is 0 Å². The van der Waals surface area contributed by atoms with Crippen molar-refractivity contribution in [2.75, 3.05) is 12.0 Å². The van der Waals surface area contributed by atoms with Crippen LogP contribution in [0.15, 0.2) is 72.8 Å². The topological polar surface area (TPSA) is 49.8 Å². The molecule has 3 aromatic rings. The van der Waals surface area contributed by atoms with Crippen molar-refractivity contribution in [1.82, 2.24) is 0 Å². The van der Waals surface area contributed by atoms with Gasteiger partial charge in [0.05, 0.1) is 13.2 Å². The molecule has 1 saturated heterocycles. The highest BCUT2D eigenvalue weighted by atomic mass is 32.2. The standard InChI is InChI=1S/C25H24FNO3S/c1-30-20-14-15-21(22(28)16-20)24-23(9-5-6-17-10-12-18(26)13-11-17)31-25(29)27(24)19-7-3-2-4-8-19/h2-4,7-8,10-16,23-24,28H,5-6,9H2,1H3/t23-,24+/m0/s1. The summed E-state index contributed by atoms with van der Waals surface area (Å²) in [6.45, 7) is 0. The predicted octanol–water partition coefficient (Wildman–Crippen LogP) is 6.35. The quantitative estimate of drug-likeness (QED) is 0.468. The minimum atomic E-state index is -0.293. The number of ether oxygens (including phenoxy) is 1. The Morgan fingerprint density at radius 1 is 1.06 bits per heavy atom. The van der Waals surface area contributed by atoms with Gasteiger partial charge in [-0.1, -0.05) is 42.1 Å². The van der Waals surface area contributed by atoms with E-state index in [4.69, 9.17) is 4.74 Å². The van der Waals surface area contributed by atoms with E-state index in [0.717, 1.165) is 30.5 Å². The molecular formula is C25H24FNO3S. The van der Waals surface area contributed by atoms with Crippen LogP contribution in [0.4, 0.5) is 14.9 Å². The van der Waals surface area contributed by atoms with E-state index in [1.165, 1.54) is 23.9 Å². The SMILES string of the molecule is COc1ccc([C@@H]2[C@H](CCCc3ccc(F)cc3)SC(=O)N2c2ccccc2)c(O)c1. The van der Waals surface area contributed by atoms with Gasteiger partial charge in [-0.05, 0) is 61.2 Å². The summed E-state index contributed by atoms with van der Waals surface area (Å²) in [5.74, 6) is 0.440. The number of halogens is 1. The average Bonchev–Trinajstić information content (AvgIpc) is 3.11. The molecule has 0 saturated carbocycles. The first-order valence-electron chi connectivity index (χ1n) is 10.2. The van der Waals surface area contributed by atoms with Gasteiger partial charge in [0.15, 0.2) is 0 Å². The number of phenols is 1. The number of aryl methyl sites for hydroxylation is 1. The molecule has 0 aromatic heterocycles. The fourth-order valence-corrected chi connectivity index (χ4v) is 5.27. The highest BCUT2D eigenvalue weighted by Gasteiger charge is 2.43. The third kappa shape index (κ3) is 4.69. The smallest absolute Gasteiger partial charge is 0.287 e. The van der Waals surface area contributed by atoms with E-state index in [-0.39, 0.29) is 28.1 Å². The van der Waals surface area contributed by atoms with Crippen molar-refractivity contribution >= 4 is 22.7 Å². The molecule has 0 aliphatic carbocycles. The molecule has 1 heterocycles. The number of methoxy groups -OCH3 is 1. The molecule has 0 bridgehead atoms. The molecule has 1 N–H and O–H groups in total. The largest absolute Gasteiger partial charge is 0.507 e. The number of thioether (sulfide) groups is 1. The molecular weight excluding hydrogens is 413 g/mol. The van der Waals surface area contributed by atoms with Crippen LogP contribution in [-0.4, -0.2) is 22.7 Å². The molecule has 4 rings (SSSR count). The van der Waals surface area contributed by atoms with Crippen LogP contribution >= 0.6 is 11.8 Å². The van der Waals surface area contributed by atoms with Crippen molar-refractivity contribution in [2.45, 2.75) is 30.6 Å². The Labute approximate surface area is 185 Å². The van der Waals surface area contributed by atoms with Crippen LogP contribution in [0.2, 0.25) is 0 Å². The van der Waals surface area contributed by atoms with E-state index in [1.54, 1.807) is 36.3 Å². The molecule has 1 amide bonds. The lowest BCUT2D eigenvalue weighted by molar-refractivity contribution is 0.264. The highest BCUT2D eigenvalue weighted by Crippen LogP contribution is 2.48. The van der Waals surface area contributed by atoms with Gasteiger partial charge in [-0.2, -0.15) is 0 Å². The molecule has 2 atom stereocenters. The monoisotopic (exact) mass is 437 g/mol. The maximum atomic E-state index is 13.2. The summed E-state index contributed by atoms with van der Waals surface area (Å²) in [6, 6.07) is 21.0. The number of anilines is 1. The Morgan fingerprint density at radius 3 is 2.48 bits per heavy atom. The van der Waals surface area contributed by atoms with Crippen molar-refractivity contribution in [2.24, 2.45) is 0 Å². The van der Waals surface area contributed by atoms with E-state index in [1.807, 2.05) is 36.4 Å². The Balaban J connectivity index is 1.60. The van der Waals surface area contributed by atoms with Gasteiger partial charge < -0.3 is 9.84 Å². The number of rotatable bonds is 7. The minimum absolute atomic E-state index is 0.0209. The molecule has 3 aromatic carbocycles. The molecule has 31 heavy (non-hydrogen) atoms. The first kappa shape index (κ1) is 21.2. The Morgan fingerprint density at radius 2 is 1.81 bits per heavy atom. The van der Waals surface area contributed by atoms with Gasteiger partial charge in [0.2, 0.25) is 0 Å². The van der Waals surface area contributed by atoms with E-state index in [2.05, 4.69) is 0 Å². The summed E-state index contributed by atoms with van der Waals surface area (Å²) in [5.41, 5.74) is 2.58. The Hall–Kier alpha value is -2.99. The molecule has 0 radical (unpaired) electrons. The molecule has 0 spiro atoms. The maximum Gasteiger partial charge on any atom is 0.287 e. The fraction of sp³-hybridized carbons (Fsp3) is 0.240. The van der Waals surface area contributed by atoms with Crippen LogP contribution in [0.3, 0.4) is 0 Å². The second-order valence-electron chi connectivity index (χ2n) is 7.52. The molecule has 6 heteroatoms. The second kappa shape index (κ2) is 9.43. The summed E-state index contributed by atoms with van der Waals surface area (Å²) >= 11 is 1.31. The fourth-order valence-electron chi connectivity index (χ4n) is 4.00. The summed E-state index contributed by atoms with van der Waals surface area (Å²) in [6.07, 6.45) is 2.44. The van der Waals surface area contributed by atoms with Gasteiger partial charge in [-0.25, -0.2) is 4.39 Å². The summed E-state index contributed by atoms with van der Waals surface area (Å²) < 4.78 is 18.4.